The van der Waals surface area contributed by atoms with Crippen LogP contribution in [0.15, 0.2) is 29.2 Å². The number of aliphatic hydroxyl groups excluding tert-OH is 1. The second kappa shape index (κ2) is 7.09. The maximum atomic E-state index is 13.4. The van der Waals surface area contributed by atoms with E-state index in [2.05, 4.69) is 10.4 Å². The minimum Gasteiger partial charge on any atom is -0.396 e. The molecule has 0 unspecified atom stereocenters. The van der Waals surface area contributed by atoms with E-state index >= 15 is 0 Å². The Morgan fingerprint density at radius 3 is 2.76 bits per heavy atom. The minimum absolute atomic E-state index is 0.0290. The number of halogens is 1. The molecule has 1 aromatic carbocycles. The molecule has 0 radical (unpaired) electrons. The van der Waals surface area contributed by atoms with E-state index in [9.17, 15) is 18.3 Å². The monoisotopic (exact) mass is 438 g/mol. The number of benzene rings is 1. The van der Waals surface area contributed by atoms with Crippen molar-refractivity contribution in [2.24, 2.45) is 13.0 Å². The molecule has 3 heterocycles. The number of rotatable bonds is 3. The van der Waals surface area contributed by atoms with Crippen LogP contribution >= 0.6 is 11.6 Å². The highest BCUT2D eigenvalue weighted by Crippen LogP contribution is 2.38. The standard InChI is InChI=1S/C19H23ClN4O4S/c1-12-16(17(20)23(2)22-12)29(27,28)24-9-14(10-25)19(11-24)8-7-13-5-3-4-6-15(13)18(26)21-19/h3-6,14,25H,7-11H2,1-2H3,(H,21,26)/t14-,19+/m0/s1. The molecule has 2 aliphatic rings. The Kier molecular flexibility index (Phi) is 4.97. The zero-order chi connectivity index (χ0) is 21.0. The second-order valence-electron chi connectivity index (χ2n) is 7.77. The predicted octanol–water partition coefficient (Wildman–Crippen LogP) is 1.11. The zero-order valence-corrected chi connectivity index (χ0v) is 17.8. The van der Waals surface area contributed by atoms with Gasteiger partial charge >= 0.3 is 0 Å². The number of hydrogen-bond donors (Lipinski definition) is 2. The Bertz CT molecular complexity index is 1080. The van der Waals surface area contributed by atoms with E-state index in [0.717, 1.165) is 5.56 Å². The van der Waals surface area contributed by atoms with Crippen molar-refractivity contribution in [3.8, 4) is 0 Å². The molecule has 1 spiro atoms. The number of fused-ring (bicyclic) bond motifs is 1. The first kappa shape index (κ1) is 20.3. The van der Waals surface area contributed by atoms with Gasteiger partial charge in [-0.05, 0) is 31.4 Å². The fraction of sp³-hybridized carbons (Fsp3) is 0.474. The average Bonchev–Trinajstić information content (AvgIpc) is 3.12. The molecule has 2 aliphatic heterocycles. The average molecular weight is 439 g/mol. The number of nitrogens with zero attached hydrogens (tertiary/aromatic N) is 3. The summed E-state index contributed by atoms with van der Waals surface area (Å²) in [5.41, 5.74) is 0.983. The van der Waals surface area contributed by atoms with Gasteiger partial charge in [0.15, 0.2) is 0 Å². The second-order valence-corrected chi connectivity index (χ2v) is 10.0. The highest BCUT2D eigenvalue weighted by atomic mass is 35.5. The van der Waals surface area contributed by atoms with Crippen LogP contribution < -0.4 is 5.32 Å². The van der Waals surface area contributed by atoms with Gasteiger partial charge in [-0.1, -0.05) is 29.8 Å². The van der Waals surface area contributed by atoms with Crippen LogP contribution in [0.25, 0.3) is 0 Å². The number of sulfonamides is 1. The molecular weight excluding hydrogens is 416 g/mol. The number of aryl methyl sites for hydroxylation is 3. The maximum Gasteiger partial charge on any atom is 0.252 e. The van der Waals surface area contributed by atoms with Crippen molar-refractivity contribution in [3.05, 3.63) is 46.2 Å². The summed E-state index contributed by atoms with van der Waals surface area (Å²) in [4.78, 5) is 12.8. The Balaban J connectivity index is 1.70. The highest BCUT2D eigenvalue weighted by molar-refractivity contribution is 7.89. The van der Waals surface area contributed by atoms with Crippen molar-refractivity contribution >= 4 is 27.5 Å². The van der Waals surface area contributed by atoms with Crippen LogP contribution in [0.1, 0.15) is 28.0 Å². The first-order chi connectivity index (χ1) is 13.7. The van der Waals surface area contributed by atoms with Crippen molar-refractivity contribution in [1.29, 1.82) is 0 Å². The van der Waals surface area contributed by atoms with Gasteiger partial charge in [-0.3, -0.25) is 9.48 Å². The predicted molar refractivity (Wildman–Crippen MR) is 107 cm³/mol. The van der Waals surface area contributed by atoms with Crippen LogP contribution in [-0.2, 0) is 23.5 Å². The first-order valence-electron chi connectivity index (χ1n) is 9.40. The number of carbonyl (C=O) groups is 1. The van der Waals surface area contributed by atoms with E-state index in [1.54, 1.807) is 26.1 Å². The summed E-state index contributed by atoms with van der Waals surface area (Å²) in [6.45, 7) is 1.53. The van der Waals surface area contributed by atoms with Crippen molar-refractivity contribution in [3.63, 3.8) is 0 Å². The van der Waals surface area contributed by atoms with Crippen molar-refractivity contribution < 1.29 is 18.3 Å². The van der Waals surface area contributed by atoms with Crippen LogP contribution in [0, 0.1) is 12.8 Å². The third kappa shape index (κ3) is 3.16. The third-order valence-electron chi connectivity index (χ3n) is 6.05. The highest BCUT2D eigenvalue weighted by Gasteiger charge is 2.52. The number of hydrogen-bond acceptors (Lipinski definition) is 5. The molecule has 1 fully saturated rings. The van der Waals surface area contributed by atoms with Gasteiger partial charge in [0.05, 0.1) is 11.2 Å². The molecule has 10 heteroatoms. The Morgan fingerprint density at radius 1 is 1.38 bits per heavy atom. The molecule has 0 saturated carbocycles. The van der Waals surface area contributed by atoms with Gasteiger partial charge in [0, 0.05) is 38.2 Å². The summed E-state index contributed by atoms with van der Waals surface area (Å²) in [6, 6.07) is 7.36. The van der Waals surface area contributed by atoms with Gasteiger partial charge in [-0.25, -0.2) is 8.42 Å². The van der Waals surface area contributed by atoms with Gasteiger partial charge in [0.2, 0.25) is 10.0 Å². The molecular formula is C19H23ClN4O4S. The fourth-order valence-corrected chi connectivity index (χ4v) is 6.74. The minimum atomic E-state index is -3.94. The summed E-state index contributed by atoms with van der Waals surface area (Å²) < 4.78 is 29.3. The summed E-state index contributed by atoms with van der Waals surface area (Å²) >= 11 is 6.21. The number of aromatic nitrogens is 2. The SMILES string of the molecule is Cc1nn(C)c(Cl)c1S(=O)(=O)N1C[C@@H](CO)[C@@]2(CCc3ccccc3C(=O)N2)C1. The van der Waals surface area contributed by atoms with E-state index in [0.29, 0.717) is 24.1 Å². The lowest BCUT2D eigenvalue weighted by molar-refractivity contribution is 0.0848. The Morgan fingerprint density at radius 2 is 2.10 bits per heavy atom. The topological polar surface area (TPSA) is 105 Å². The summed E-state index contributed by atoms with van der Waals surface area (Å²) in [7, 11) is -2.36. The van der Waals surface area contributed by atoms with Crippen molar-refractivity contribution in [2.75, 3.05) is 19.7 Å². The van der Waals surface area contributed by atoms with Gasteiger partial charge < -0.3 is 10.4 Å². The molecule has 156 valence electrons. The van der Waals surface area contributed by atoms with Crippen LogP contribution in [-0.4, -0.2) is 58.8 Å². The summed E-state index contributed by atoms with van der Waals surface area (Å²) in [6.07, 6.45) is 1.15. The van der Waals surface area contributed by atoms with Gasteiger partial charge in [-0.15, -0.1) is 0 Å². The van der Waals surface area contributed by atoms with Crippen LogP contribution in [0.5, 0.6) is 0 Å². The Labute approximate surface area is 174 Å². The van der Waals surface area contributed by atoms with E-state index in [-0.39, 0.29) is 35.7 Å². The molecule has 1 saturated heterocycles. The molecule has 1 amide bonds. The van der Waals surface area contributed by atoms with Gasteiger partial charge in [0.25, 0.3) is 5.91 Å². The smallest absolute Gasteiger partial charge is 0.252 e. The number of carbonyl (C=O) groups excluding carboxylic acids is 1. The van der Waals surface area contributed by atoms with Crippen LogP contribution in [0.4, 0.5) is 0 Å². The van der Waals surface area contributed by atoms with E-state index in [1.165, 1.54) is 8.99 Å². The van der Waals surface area contributed by atoms with Crippen molar-refractivity contribution in [2.45, 2.75) is 30.2 Å². The van der Waals surface area contributed by atoms with Crippen LogP contribution in [0.2, 0.25) is 5.15 Å². The summed E-state index contributed by atoms with van der Waals surface area (Å²) in [5, 5.41) is 17.2. The van der Waals surface area contributed by atoms with Crippen LogP contribution in [0.3, 0.4) is 0 Å². The normalized spacial score (nSPS) is 25.1. The zero-order valence-electron chi connectivity index (χ0n) is 16.2. The van der Waals surface area contributed by atoms with E-state index < -0.39 is 21.5 Å². The molecule has 2 N–H and O–H groups in total. The number of aliphatic hydroxyl groups is 1. The molecule has 2 aromatic rings. The molecule has 0 bridgehead atoms. The molecule has 8 nitrogen and oxygen atoms in total. The Hall–Kier alpha value is -1.94. The molecule has 2 atom stereocenters. The largest absolute Gasteiger partial charge is 0.396 e. The third-order valence-corrected chi connectivity index (χ3v) is 8.56. The lowest BCUT2D eigenvalue weighted by Crippen LogP contribution is -2.54. The molecule has 29 heavy (non-hydrogen) atoms. The lowest BCUT2D eigenvalue weighted by Gasteiger charge is -2.33. The number of nitrogens with one attached hydrogen (secondary N) is 1. The maximum absolute atomic E-state index is 13.4. The molecule has 1 aromatic heterocycles. The molecule has 4 rings (SSSR count). The quantitative estimate of drug-likeness (QED) is 0.747. The van der Waals surface area contributed by atoms with E-state index in [1.807, 2.05) is 12.1 Å². The van der Waals surface area contributed by atoms with Gasteiger partial charge in [-0.2, -0.15) is 9.40 Å². The number of amides is 1. The lowest BCUT2D eigenvalue weighted by atomic mass is 9.83. The first-order valence-corrected chi connectivity index (χ1v) is 11.2. The van der Waals surface area contributed by atoms with Crippen molar-refractivity contribution in [1.82, 2.24) is 19.4 Å². The molecule has 0 aliphatic carbocycles. The fourth-order valence-electron chi connectivity index (χ4n) is 4.48. The van der Waals surface area contributed by atoms with Gasteiger partial charge in [0.1, 0.15) is 10.0 Å². The van der Waals surface area contributed by atoms with E-state index in [4.69, 9.17) is 11.6 Å². The summed E-state index contributed by atoms with van der Waals surface area (Å²) in [5.74, 6) is -0.669.